The van der Waals surface area contributed by atoms with Gasteiger partial charge in [0.25, 0.3) is 0 Å². The number of terminal acetylenes is 1. The molecule has 16 heavy (non-hydrogen) atoms. The molecule has 0 saturated heterocycles. The lowest BCUT2D eigenvalue weighted by atomic mass is 9.86. The van der Waals surface area contributed by atoms with Gasteiger partial charge in [-0.15, -0.1) is 11.5 Å². The lowest BCUT2D eigenvalue weighted by molar-refractivity contribution is 0.336. The van der Waals surface area contributed by atoms with Gasteiger partial charge >= 0.3 is 0 Å². The van der Waals surface area contributed by atoms with Gasteiger partial charge in [0.15, 0.2) is 5.82 Å². The molecule has 4 nitrogen and oxygen atoms in total. The van der Waals surface area contributed by atoms with E-state index in [9.17, 15) is 0 Å². The number of tetrazole rings is 1. The van der Waals surface area contributed by atoms with Crippen molar-refractivity contribution in [2.75, 3.05) is 0 Å². The van der Waals surface area contributed by atoms with Crippen LogP contribution in [0.2, 0.25) is 0 Å². The molecule has 0 unspecified atom stereocenters. The van der Waals surface area contributed by atoms with Crippen molar-refractivity contribution >= 4 is 0 Å². The molecule has 1 fully saturated rings. The van der Waals surface area contributed by atoms with Crippen LogP contribution in [0.15, 0.2) is 0 Å². The molecule has 0 amide bonds. The molecule has 0 N–H and O–H groups in total. The van der Waals surface area contributed by atoms with E-state index >= 15 is 0 Å². The van der Waals surface area contributed by atoms with E-state index in [2.05, 4.69) is 21.4 Å². The minimum Gasteiger partial charge on any atom is -0.218 e. The third kappa shape index (κ3) is 2.82. The molecule has 1 aromatic heterocycles. The average Bonchev–Trinajstić information content (AvgIpc) is 2.76. The van der Waals surface area contributed by atoms with Crippen molar-refractivity contribution in [3.8, 4) is 12.3 Å². The molecule has 0 spiro atoms. The fourth-order valence-corrected chi connectivity index (χ4v) is 2.42. The smallest absolute Gasteiger partial charge is 0.152 e. The number of aromatic nitrogens is 4. The van der Waals surface area contributed by atoms with Gasteiger partial charge in [-0.05, 0) is 22.8 Å². The largest absolute Gasteiger partial charge is 0.218 e. The van der Waals surface area contributed by atoms with Gasteiger partial charge in [0, 0.05) is 6.42 Å². The number of nitrogens with zero attached hydrogens (tertiary/aromatic N) is 4. The first-order chi connectivity index (χ1) is 7.90. The molecule has 1 saturated carbocycles. The summed E-state index contributed by atoms with van der Waals surface area (Å²) in [5, 5.41) is 11.6. The zero-order chi connectivity index (χ0) is 11.2. The van der Waals surface area contributed by atoms with Crippen molar-refractivity contribution in [2.24, 2.45) is 5.92 Å². The zero-order valence-corrected chi connectivity index (χ0v) is 9.60. The van der Waals surface area contributed by atoms with Crippen LogP contribution in [-0.4, -0.2) is 20.2 Å². The highest BCUT2D eigenvalue weighted by atomic mass is 15.5. The van der Waals surface area contributed by atoms with Crippen LogP contribution in [0.1, 0.15) is 44.3 Å². The molecule has 1 heterocycles. The van der Waals surface area contributed by atoms with Gasteiger partial charge in [-0.1, -0.05) is 38.0 Å². The standard InChI is InChI=1S/C12H18N4/c1-2-10-16-12(13-14-15-16)9-8-11-6-4-3-5-7-11/h1,11H,3-10H2. The summed E-state index contributed by atoms with van der Waals surface area (Å²) in [7, 11) is 0. The highest BCUT2D eigenvalue weighted by molar-refractivity contribution is 4.90. The van der Waals surface area contributed by atoms with Crippen LogP contribution in [0.3, 0.4) is 0 Å². The quantitative estimate of drug-likeness (QED) is 0.724. The Balaban J connectivity index is 1.84. The maximum Gasteiger partial charge on any atom is 0.152 e. The lowest BCUT2D eigenvalue weighted by Crippen LogP contribution is -2.10. The second-order valence-electron chi connectivity index (χ2n) is 4.50. The summed E-state index contributed by atoms with van der Waals surface area (Å²) in [4.78, 5) is 0. The molecule has 1 aliphatic rings. The highest BCUT2D eigenvalue weighted by Crippen LogP contribution is 2.27. The maximum absolute atomic E-state index is 5.26. The topological polar surface area (TPSA) is 43.6 Å². The monoisotopic (exact) mass is 218 g/mol. The number of aryl methyl sites for hydroxylation is 1. The molecular formula is C12H18N4. The van der Waals surface area contributed by atoms with Crippen LogP contribution in [0.25, 0.3) is 0 Å². The van der Waals surface area contributed by atoms with Crippen molar-refractivity contribution in [3.05, 3.63) is 5.82 Å². The number of rotatable bonds is 4. The molecule has 0 atom stereocenters. The van der Waals surface area contributed by atoms with Crippen LogP contribution in [-0.2, 0) is 13.0 Å². The van der Waals surface area contributed by atoms with E-state index < -0.39 is 0 Å². The van der Waals surface area contributed by atoms with Crippen molar-refractivity contribution in [1.29, 1.82) is 0 Å². The van der Waals surface area contributed by atoms with E-state index in [0.29, 0.717) is 6.54 Å². The number of hydrogen-bond acceptors (Lipinski definition) is 3. The van der Waals surface area contributed by atoms with E-state index in [1.54, 1.807) is 4.68 Å². The van der Waals surface area contributed by atoms with Gasteiger partial charge in [-0.3, -0.25) is 0 Å². The predicted molar refractivity (Wildman–Crippen MR) is 61.5 cm³/mol. The molecule has 0 aromatic carbocycles. The molecule has 0 aliphatic heterocycles. The fraction of sp³-hybridized carbons (Fsp3) is 0.750. The molecule has 0 bridgehead atoms. The summed E-state index contributed by atoms with van der Waals surface area (Å²) in [6, 6.07) is 0. The first kappa shape index (κ1) is 11.1. The predicted octanol–water partition coefficient (Wildman–Crippen LogP) is 1.82. The first-order valence-corrected chi connectivity index (χ1v) is 6.08. The lowest BCUT2D eigenvalue weighted by Gasteiger charge is -2.20. The fourth-order valence-electron chi connectivity index (χ4n) is 2.42. The number of hydrogen-bond donors (Lipinski definition) is 0. The van der Waals surface area contributed by atoms with Crippen molar-refractivity contribution < 1.29 is 0 Å². The molecule has 0 radical (unpaired) electrons. The third-order valence-corrected chi connectivity index (χ3v) is 3.35. The maximum atomic E-state index is 5.26. The summed E-state index contributed by atoms with van der Waals surface area (Å²) >= 11 is 0. The Bertz CT molecular complexity index is 357. The van der Waals surface area contributed by atoms with Crippen LogP contribution < -0.4 is 0 Å². The normalized spacial score (nSPS) is 17.2. The molecule has 2 rings (SSSR count). The van der Waals surface area contributed by atoms with E-state index in [1.807, 2.05) is 0 Å². The Morgan fingerprint density at radius 3 is 2.88 bits per heavy atom. The summed E-state index contributed by atoms with van der Waals surface area (Å²) in [6.45, 7) is 0.479. The molecule has 1 aliphatic carbocycles. The van der Waals surface area contributed by atoms with Gasteiger partial charge in [-0.25, -0.2) is 4.68 Å². The van der Waals surface area contributed by atoms with Gasteiger partial charge in [-0.2, -0.15) is 0 Å². The van der Waals surface area contributed by atoms with Crippen LogP contribution in [0.4, 0.5) is 0 Å². The minimum atomic E-state index is 0.479. The van der Waals surface area contributed by atoms with E-state index in [0.717, 1.165) is 18.2 Å². The van der Waals surface area contributed by atoms with Gasteiger partial charge in [0.1, 0.15) is 6.54 Å². The summed E-state index contributed by atoms with van der Waals surface area (Å²) in [5.41, 5.74) is 0. The van der Waals surface area contributed by atoms with Crippen LogP contribution in [0, 0.1) is 18.3 Å². The van der Waals surface area contributed by atoms with E-state index in [-0.39, 0.29) is 0 Å². The van der Waals surface area contributed by atoms with Gasteiger partial charge < -0.3 is 0 Å². The van der Waals surface area contributed by atoms with Crippen molar-refractivity contribution in [1.82, 2.24) is 20.2 Å². The second kappa shape index (κ2) is 5.64. The molecule has 4 heteroatoms. The Labute approximate surface area is 96.4 Å². The Kier molecular flexibility index (Phi) is 3.92. The minimum absolute atomic E-state index is 0.479. The molecule has 86 valence electrons. The Hall–Kier alpha value is -1.37. The first-order valence-electron chi connectivity index (χ1n) is 6.08. The zero-order valence-electron chi connectivity index (χ0n) is 9.60. The SMILES string of the molecule is C#CCn1nnnc1CCC1CCCCC1. The summed E-state index contributed by atoms with van der Waals surface area (Å²) in [6.07, 6.45) is 14.3. The molecular weight excluding hydrogens is 200 g/mol. The van der Waals surface area contributed by atoms with Crippen molar-refractivity contribution in [2.45, 2.75) is 51.5 Å². The van der Waals surface area contributed by atoms with E-state index in [1.165, 1.54) is 38.5 Å². The van der Waals surface area contributed by atoms with Crippen LogP contribution >= 0.6 is 0 Å². The second-order valence-corrected chi connectivity index (χ2v) is 4.50. The van der Waals surface area contributed by atoms with Gasteiger partial charge in [0.2, 0.25) is 0 Å². The summed E-state index contributed by atoms with van der Waals surface area (Å²) < 4.78 is 1.73. The Morgan fingerprint density at radius 2 is 2.12 bits per heavy atom. The van der Waals surface area contributed by atoms with Crippen LogP contribution in [0.5, 0.6) is 0 Å². The average molecular weight is 218 g/mol. The van der Waals surface area contributed by atoms with Crippen molar-refractivity contribution in [3.63, 3.8) is 0 Å². The highest BCUT2D eigenvalue weighted by Gasteiger charge is 2.14. The molecule has 1 aromatic rings. The van der Waals surface area contributed by atoms with E-state index in [4.69, 9.17) is 6.42 Å². The van der Waals surface area contributed by atoms with Gasteiger partial charge in [0.05, 0.1) is 0 Å². The Morgan fingerprint density at radius 1 is 1.31 bits per heavy atom. The third-order valence-electron chi connectivity index (χ3n) is 3.35. The summed E-state index contributed by atoms with van der Waals surface area (Å²) in [5.74, 6) is 4.37.